The molecule has 0 spiro atoms. The number of nitrogens with one attached hydrogen (secondary N) is 1. The molecule has 1 aliphatic heterocycles. The van der Waals surface area contributed by atoms with Gasteiger partial charge in [-0.05, 0) is 42.5 Å². The number of amides is 3. The Kier molecular flexibility index (Phi) is 5.55. The second-order valence-electron chi connectivity index (χ2n) is 6.64. The Morgan fingerprint density at radius 2 is 1.77 bits per heavy atom. The van der Waals surface area contributed by atoms with Crippen LogP contribution in [0.1, 0.15) is 36.8 Å². The van der Waals surface area contributed by atoms with E-state index < -0.39 is 30.3 Å². The minimum Gasteiger partial charge on any atom is -0.467 e. The van der Waals surface area contributed by atoms with E-state index in [9.17, 15) is 19.2 Å². The highest BCUT2D eigenvalue weighted by atomic mass is 35.5. The maximum absolute atomic E-state index is 12.6. The van der Waals surface area contributed by atoms with Gasteiger partial charge in [-0.1, -0.05) is 23.7 Å². The third kappa shape index (κ3) is 4.19. The van der Waals surface area contributed by atoms with E-state index >= 15 is 0 Å². The normalized spacial score (nSPS) is 12.6. The summed E-state index contributed by atoms with van der Waals surface area (Å²) in [5.74, 6) is -1.93. The van der Waals surface area contributed by atoms with Crippen molar-refractivity contribution in [3.8, 4) is 0 Å². The van der Waals surface area contributed by atoms with Gasteiger partial charge < -0.3 is 14.5 Å². The number of halogens is 1. The molecule has 1 N–H and O–H groups in total. The van der Waals surface area contributed by atoms with E-state index in [-0.39, 0.29) is 23.2 Å². The molecule has 2 aromatic carbocycles. The quantitative estimate of drug-likeness (QED) is 0.466. The monoisotopic (exact) mass is 438 g/mol. The van der Waals surface area contributed by atoms with Gasteiger partial charge >= 0.3 is 5.97 Å². The molecule has 3 amide bonds. The van der Waals surface area contributed by atoms with E-state index in [1.165, 1.54) is 24.5 Å². The Labute approximate surface area is 181 Å². The van der Waals surface area contributed by atoms with Crippen LogP contribution in [0.25, 0.3) is 0 Å². The van der Waals surface area contributed by atoms with Crippen LogP contribution in [0.15, 0.2) is 65.3 Å². The lowest BCUT2D eigenvalue weighted by Gasteiger charge is -2.11. The molecule has 0 fully saturated rings. The fourth-order valence-electron chi connectivity index (χ4n) is 3.08. The molecule has 0 bridgehead atoms. The number of benzene rings is 2. The molecule has 0 unspecified atom stereocenters. The Hall–Kier alpha value is -3.91. The maximum Gasteiger partial charge on any atom is 0.338 e. The van der Waals surface area contributed by atoms with E-state index in [2.05, 4.69) is 5.32 Å². The van der Waals surface area contributed by atoms with Crippen molar-refractivity contribution in [1.82, 2.24) is 4.90 Å². The van der Waals surface area contributed by atoms with Gasteiger partial charge in [-0.2, -0.15) is 0 Å². The summed E-state index contributed by atoms with van der Waals surface area (Å²) in [6.45, 7) is -0.556. The van der Waals surface area contributed by atoms with Gasteiger partial charge in [-0.3, -0.25) is 19.3 Å². The average molecular weight is 439 g/mol. The van der Waals surface area contributed by atoms with E-state index in [1.54, 1.807) is 36.4 Å². The van der Waals surface area contributed by atoms with Crippen molar-refractivity contribution in [1.29, 1.82) is 0 Å². The standard InChI is InChI=1S/C22H15ClN2O6/c23-17-5-1-2-6-18(17)24-19(26)12-31-22(29)13-7-8-15-16(10-13)21(28)25(20(15)27)11-14-4-3-9-30-14/h1-10H,11-12H2,(H,24,26). The second-order valence-corrected chi connectivity index (χ2v) is 7.05. The summed E-state index contributed by atoms with van der Waals surface area (Å²) in [5.41, 5.74) is 0.713. The van der Waals surface area contributed by atoms with Crippen molar-refractivity contribution in [2.75, 3.05) is 11.9 Å². The predicted octanol–water partition coefficient (Wildman–Crippen LogP) is 3.52. The molecule has 2 heterocycles. The van der Waals surface area contributed by atoms with Crippen LogP contribution in [0.2, 0.25) is 5.02 Å². The van der Waals surface area contributed by atoms with Crippen LogP contribution in [-0.2, 0) is 16.1 Å². The van der Waals surface area contributed by atoms with Gasteiger partial charge in [0.25, 0.3) is 17.7 Å². The number of carbonyl (C=O) groups excluding carboxylic acids is 4. The van der Waals surface area contributed by atoms with Crippen LogP contribution in [0.3, 0.4) is 0 Å². The minimum absolute atomic E-state index is 0.0126. The number of para-hydroxylation sites is 1. The fraction of sp³-hybridized carbons (Fsp3) is 0.0909. The number of ether oxygens (including phenoxy) is 1. The third-order valence-electron chi connectivity index (χ3n) is 4.58. The Balaban J connectivity index is 1.41. The Morgan fingerprint density at radius 3 is 2.52 bits per heavy atom. The molecule has 4 rings (SSSR count). The molecule has 0 aliphatic carbocycles. The highest BCUT2D eigenvalue weighted by Gasteiger charge is 2.36. The van der Waals surface area contributed by atoms with Gasteiger partial charge in [0.05, 0.1) is 40.2 Å². The Morgan fingerprint density at radius 1 is 1.00 bits per heavy atom. The first kappa shape index (κ1) is 20.4. The van der Waals surface area contributed by atoms with E-state index in [0.29, 0.717) is 16.5 Å². The second kappa shape index (κ2) is 8.45. The van der Waals surface area contributed by atoms with E-state index in [0.717, 1.165) is 4.90 Å². The van der Waals surface area contributed by atoms with E-state index in [1.807, 2.05) is 0 Å². The lowest BCUT2D eigenvalue weighted by atomic mass is 10.1. The first-order valence-electron chi connectivity index (χ1n) is 9.18. The maximum atomic E-state index is 12.6. The lowest BCUT2D eigenvalue weighted by molar-refractivity contribution is -0.119. The summed E-state index contributed by atoms with van der Waals surface area (Å²) in [7, 11) is 0. The number of carbonyl (C=O) groups is 4. The van der Waals surface area contributed by atoms with Crippen molar-refractivity contribution in [3.05, 3.63) is 88.3 Å². The van der Waals surface area contributed by atoms with E-state index in [4.69, 9.17) is 20.8 Å². The fourth-order valence-corrected chi connectivity index (χ4v) is 3.27. The zero-order valence-electron chi connectivity index (χ0n) is 16.0. The molecule has 0 atom stereocenters. The molecule has 0 saturated heterocycles. The summed E-state index contributed by atoms with van der Waals surface area (Å²) in [6, 6.07) is 14.0. The van der Waals surface area contributed by atoms with Crippen molar-refractivity contribution >= 4 is 41.0 Å². The predicted molar refractivity (Wildman–Crippen MR) is 110 cm³/mol. The average Bonchev–Trinajstić information content (AvgIpc) is 3.36. The number of furan rings is 1. The van der Waals surface area contributed by atoms with Crippen molar-refractivity contribution in [2.24, 2.45) is 0 Å². The van der Waals surface area contributed by atoms with Crippen LogP contribution in [0.5, 0.6) is 0 Å². The van der Waals surface area contributed by atoms with Crippen LogP contribution >= 0.6 is 11.6 Å². The summed E-state index contributed by atoms with van der Waals surface area (Å²) >= 11 is 5.97. The molecule has 1 aromatic heterocycles. The number of hydrogen-bond donors (Lipinski definition) is 1. The van der Waals surface area contributed by atoms with Crippen molar-refractivity contribution in [2.45, 2.75) is 6.54 Å². The zero-order valence-corrected chi connectivity index (χ0v) is 16.7. The molecule has 8 nitrogen and oxygen atoms in total. The van der Waals surface area contributed by atoms with Gasteiger partial charge in [-0.25, -0.2) is 4.79 Å². The number of esters is 1. The summed E-state index contributed by atoms with van der Waals surface area (Å²) < 4.78 is 10.2. The molecule has 0 saturated carbocycles. The SMILES string of the molecule is O=C(COC(=O)c1ccc2c(c1)C(=O)N(Cc1ccco1)C2=O)Nc1ccccc1Cl. The molecule has 0 radical (unpaired) electrons. The number of nitrogens with zero attached hydrogens (tertiary/aromatic N) is 1. The topological polar surface area (TPSA) is 106 Å². The largest absolute Gasteiger partial charge is 0.467 e. The molecule has 3 aromatic rings. The number of anilines is 1. The molecule has 31 heavy (non-hydrogen) atoms. The summed E-state index contributed by atoms with van der Waals surface area (Å²) in [5, 5.41) is 2.89. The summed E-state index contributed by atoms with van der Waals surface area (Å²) in [6.07, 6.45) is 1.45. The van der Waals surface area contributed by atoms with Crippen LogP contribution in [0.4, 0.5) is 5.69 Å². The van der Waals surface area contributed by atoms with Crippen LogP contribution < -0.4 is 5.32 Å². The third-order valence-corrected chi connectivity index (χ3v) is 4.91. The van der Waals surface area contributed by atoms with Gasteiger partial charge in [0.15, 0.2) is 6.61 Å². The van der Waals surface area contributed by atoms with Gasteiger partial charge in [0.2, 0.25) is 0 Å². The number of imide groups is 1. The highest BCUT2D eigenvalue weighted by Crippen LogP contribution is 2.26. The molecule has 1 aliphatic rings. The lowest BCUT2D eigenvalue weighted by Crippen LogP contribution is -2.28. The van der Waals surface area contributed by atoms with Gasteiger partial charge in [0.1, 0.15) is 5.76 Å². The Bertz CT molecular complexity index is 1190. The molecule has 156 valence electrons. The number of rotatable bonds is 6. The zero-order chi connectivity index (χ0) is 22.0. The highest BCUT2D eigenvalue weighted by molar-refractivity contribution is 6.33. The van der Waals surface area contributed by atoms with Crippen molar-refractivity contribution in [3.63, 3.8) is 0 Å². The van der Waals surface area contributed by atoms with Crippen molar-refractivity contribution < 1.29 is 28.3 Å². The minimum atomic E-state index is -0.804. The smallest absolute Gasteiger partial charge is 0.338 e. The molecular formula is C22H15ClN2O6. The van der Waals surface area contributed by atoms with Crippen LogP contribution in [0, 0.1) is 0 Å². The van der Waals surface area contributed by atoms with Gasteiger partial charge in [-0.15, -0.1) is 0 Å². The first-order chi connectivity index (χ1) is 14.9. The number of hydrogen-bond acceptors (Lipinski definition) is 6. The first-order valence-corrected chi connectivity index (χ1v) is 9.56. The number of fused-ring (bicyclic) bond motifs is 1. The summed E-state index contributed by atoms with van der Waals surface area (Å²) in [4.78, 5) is 50.6. The van der Waals surface area contributed by atoms with Gasteiger partial charge in [0, 0.05) is 0 Å². The molecular weight excluding hydrogens is 424 g/mol. The molecule has 9 heteroatoms. The van der Waals surface area contributed by atoms with Crippen LogP contribution in [-0.4, -0.2) is 35.2 Å².